The number of hydrogen-bond donors (Lipinski definition) is 0. The van der Waals surface area contributed by atoms with Crippen molar-refractivity contribution in [2.24, 2.45) is 5.41 Å². The van der Waals surface area contributed by atoms with E-state index in [0.29, 0.717) is 19.6 Å². The van der Waals surface area contributed by atoms with Crippen LogP contribution in [0.1, 0.15) is 24.9 Å². The van der Waals surface area contributed by atoms with Gasteiger partial charge in [-0.2, -0.15) is 0 Å². The molecule has 0 N–H and O–H groups in total. The van der Waals surface area contributed by atoms with E-state index < -0.39 is 0 Å². The molecule has 2 aliphatic rings. The van der Waals surface area contributed by atoms with Gasteiger partial charge in [0.1, 0.15) is 0 Å². The van der Waals surface area contributed by atoms with Gasteiger partial charge in [-0.05, 0) is 35.4 Å². The highest BCUT2D eigenvalue weighted by Gasteiger charge is 2.47. The van der Waals surface area contributed by atoms with Crippen LogP contribution in [0.25, 0.3) is 10.8 Å². The standard InChI is InChI=1S/C26H28N2O2/c1-20(21-7-3-2-4-8-21)28-18-26(16-25(28)29)17-27(13-14-30-19-26)24-12-11-22-9-5-6-10-23(22)15-24/h2-12,15,20H,13-14,16-19H2,1H3/t20-,26+/m1/s1. The van der Waals surface area contributed by atoms with Gasteiger partial charge in [-0.1, -0.05) is 60.7 Å². The largest absolute Gasteiger partial charge is 0.379 e. The van der Waals surface area contributed by atoms with Crippen molar-refractivity contribution >= 4 is 22.4 Å². The van der Waals surface area contributed by atoms with E-state index in [0.717, 1.165) is 19.6 Å². The van der Waals surface area contributed by atoms with Crippen LogP contribution in [0.4, 0.5) is 5.69 Å². The van der Waals surface area contributed by atoms with E-state index in [2.05, 4.69) is 66.4 Å². The van der Waals surface area contributed by atoms with Crippen molar-refractivity contribution in [3.05, 3.63) is 78.4 Å². The van der Waals surface area contributed by atoms with Gasteiger partial charge in [0.05, 0.1) is 19.3 Å². The fourth-order valence-corrected chi connectivity index (χ4v) is 4.98. The Balaban J connectivity index is 1.40. The van der Waals surface area contributed by atoms with Gasteiger partial charge < -0.3 is 14.5 Å². The molecule has 4 heteroatoms. The van der Waals surface area contributed by atoms with E-state index >= 15 is 0 Å². The third-order valence-corrected chi connectivity index (χ3v) is 6.64. The number of fused-ring (bicyclic) bond motifs is 1. The molecule has 0 saturated carbocycles. The van der Waals surface area contributed by atoms with Crippen molar-refractivity contribution in [3.8, 4) is 0 Å². The number of hydrogen-bond acceptors (Lipinski definition) is 3. The Kier molecular flexibility index (Phi) is 4.95. The van der Waals surface area contributed by atoms with Crippen LogP contribution in [-0.4, -0.2) is 43.7 Å². The summed E-state index contributed by atoms with van der Waals surface area (Å²) in [4.78, 5) is 17.5. The Bertz CT molecular complexity index is 1050. The molecule has 1 amide bonds. The van der Waals surface area contributed by atoms with Crippen LogP contribution in [0.3, 0.4) is 0 Å². The zero-order chi connectivity index (χ0) is 20.6. The topological polar surface area (TPSA) is 32.8 Å². The Morgan fingerprint density at radius 2 is 1.70 bits per heavy atom. The van der Waals surface area contributed by atoms with Gasteiger partial charge in [0, 0.05) is 37.2 Å². The van der Waals surface area contributed by atoms with Crippen molar-refractivity contribution < 1.29 is 9.53 Å². The quantitative estimate of drug-likeness (QED) is 0.641. The monoisotopic (exact) mass is 400 g/mol. The summed E-state index contributed by atoms with van der Waals surface area (Å²) >= 11 is 0. The van der Waals surface area contributed by atoms with Gasteiger partial charge in [0.25, 0.3) is 0 Å². The molecule has 1 spiro atoms. The Morgan fingerprint density at radius 1 is 0.933 bits per heavy atom. The molecule has 0 bridgehead atoms. The average molecular weight is 401 g/mol. The molecule has 0 aliphatic carbocycles. The molecular weight excluding hydrogens is 372 g/mol. The number of ether oxygens (including phenoxy) is 1. The third kappa shape index (κ3) is 3.56. The second kappa shape index (κ2) is 7.77. The molecule has 3 aromatic carbocycles. The highest BCUT2D eigenvalue weighted by atomic mass is 16.5. The van der Waals surface area contributed by atoms with Crippen LogP contribution in [0.5, 0.6) is 0 Å². The molecule has 0 radical (unpaired) electrons. The lowest BCUT2D eigenvalue weighted by atomic mass is 9.87. The van der Waals surface area contributed by atoms with Crippen LogP contribution in [0.2, 0.25) is 0 Å². The zero-order valence-corrected chi connectivity index (χ0v) is 17.5. The predicted molar refractivity (Wildman–Crippen MR) is 121 cm³/mol. The number of carbonyl (C=O) groups is 1. The van der Waals surface area contributed by atoms with E-state index in [9.17, 15) is 4.79 Å². The normalized spacial score (nSPS) is 23.2. The summed E-state index contributed by atoms with van der Waals surface area (Å²) in [6, 6.07) is 25.5. The molecule has 30 heavy (non-hydrogen) atoms. The number of likely N-dealkylation sites (tertiary alicyclic amines) is 1. The maximum atomic E-state index is 13.0. The first-order chi connectivity index (χ1) is 14.6. The number of carbonyl (C=O) groups excluding carboxylic acids is 1. The lowest BCUT2D eigenvalue weighted by Crippen LogP contribution is -2.41. The van der Waals surface area contributed by atoms with Crippen LogP contribution in [0.15, 0.2) is 72.8 Å². The van der Waals surface area contributed by atoms with Gasteiger partial charge in [0.15, 0.2) is 0 Å². The molecule has 2 fully saturated rings. The second-order valence-electron chi connectivity index (χ2n) is 8.79. The maximum Gasteiger partial charge on any atom is 0.223 e. The minimum absolute atomic E-state index is 0.0791. The smallest absolute Gasteiger partial charge is 0.223 e. The fourth-order valence-electron chi connectivity index (χ4n) is 4.98. The SMILES string of the molecule is C[C@H](c1ccccc1)N1C[C@]2(COCCN(c3ccc4ccccc4c3)C2)CC1=O. The summed E-state index contributed by atoms with van der Waals surface area (Å²) in [5.74, 6) is 0.232. The van der Waals surface area contributed by atoms with E-state index in [1.807, 2.05) is 23.1 Å². The van der Waals surface area contributed by atoms with Gasteiger partial charge in [-0.3, -0.25) is 4.79 Å². The maximum absolute atomic E-state index is 13.0. The third-order valence-electron chi connectivity index (χ3n) is 6.64. The lowest BCUT2D eigenvalue weighted by molar-refractivity contribution is -0.129. The van der Waals surface area contributed by atoms with Crippen LogP contribution in [0, 0.1) is 5.41 Å². The molecule has 0 unspecified atom stereocenters. The van der Waals surface area contributed by atoms with Crippen molar-refractivity contribution in [3.63, 3.8) is 0 Å². The number of nitrogens with zero attached hydrogens (tertiary/aromatic N) is 2. The van der Waals surface area contributed by atoms with E-state index in [1.54, 1.807) is 0 Å². The molecule has 0 aromatic heterocycles. The highest BCUT2D eigenvalue weighted by Crippen LogP contribution is 2.39. The zero-order valence-electron chi connectivity index (χ0n) is 17.5. The highest BCUT2D eigenvalue weighted by molar-refractivity contribution is 5.86. The number of benzene rings is 3. The minimum atomic E-state index is -0.164. The first kappa shape index (κ1) is 19.1. The van der Waals surface area contributed by atoms with E-state index in [1.165, 1.54) is 22.0 Å². The Labute approximate surface area is 178 Å². The van der Waals surface area contributed by atoms with Crippen LogP contribution < -0.4 is 4.90 Å². The molecule has 2 aliphatic heterocycles. The van der Waals surface area contributed by atoms with Crippen molar-refractivity contribution in [1.29, 1.82) is 0 Å². The first-order valence-corrected chi connectivity index (χ1v) is 10.8. The summed E-state index contributed by atoms with van der Waals surface area (Å²) in [6.45, 7) is 5.90. The molecule has 2 heterocycles. The molecule has 154 valence electrons. The van der Waals surface area contributed by atoms with Gasteiger partial charge in [0.2, 0.25) is 5.91 Å². The number of rotatable bonds is 3. The minimum Gasteiger partial charge on any atom is -0.379 e. The van der Waals surface area contributed by atoms with Gasteiger partial charge in [-0.15, -0.1) is 0 Å². The van der Waals surface area contributed by atoms with Crippen LogP contribution in [-0.2, 0) is 9.53 Å². The Morgan fingerprint density at radius 3 is 2.53 bits per heavy atom. The van der Waals surface area contributed by atoms with Crippen molar-refractivity contribution in [1.82, 2.24) is 4.90 Å². The number of amides is 1. The summed E-state index contributed by atoms with van der Waals surface area (Å²) in [5.41, 5.74) is 2.23. The predicted octanol–water partition coefficient (Wildman–Crippen LogP) is 4.66. The molecular formula is C26H28N2O2. The van der Waals surface area contributed by atoms with Crippen molar-refractivity contribution in [2.75, 3.05) is 37.7 Å². The van der Waals surface area contributed by atoms with E-state index in [4.69, 9.17) is 4.74 Å². The molecule has 2 saturated heterocycles. The Hall–Kier alpha value is -2.85. The van der Waals surface area contributed by atoms with E-state index in [-0.39, 0.29) is 17.4 Å². The molecule has 5 rings (SSSR count). The molecule has 2 atom stereocenters. The second-order valence-corrected chi connectivity index (χ2v) is 8.79. The van der Waals surface area contributed by atoms with Crippen molar-refractivity contribution in [2.45, 2.75) is 19.4 Å². The summed E-state index contributed by atoms with van der Waals surface area (Å²) in [6.07, 6.45) is 0.550. The summed E-state index contributed by atoms with van der Waals surface area (Å²) < 4.78 is 6.03. The fraction of sp³-hybridized carbons (Fsp3) is 0.346. The summed E-state index contributed by atoms with van der Waals surface area (Å²) in [7, 11) is 0. The van der Waals surface area contributed by atoms with Crippen LogP contribution >= 0.6 is 0 Å². The van der Waals surface area contributed by atoms with Gasteiger partial charge >= 0.3 is 0 Å². The summed E-state index contributed by atoms with van der Waals surface area (Å²) in [5, 5.41) is 2.50. The number of anilines is 1. The lowest BCUT2D eigenvalue weighted by Gasteiger charge is -2.34. The molecule has 3 aromatic rings. The first-order valence-electron chi connectivity index (χ1n) is 10.8. The average Bonchev–Trinajstić information content (AvgIpc) is 2.97. The molecule has 4 nitrogen and oxygen atoms in total. The van der Waals surface area contributed by atoms with Gasteiger partial charge in [-0.25, -0.2) is 0 Å².